The Bertz CT molecular complexity index is 1030. The van der Waals surface area contributed by atoms with Crippen molar-refractivity contribution in [2.75, 3.05) is 18.8 Å². The quantitative estimate of drug-likeness (QED) is 0.513. The Kier molecular flexibility index (Phi) is 5.55. The molecule has 4 rings (SSSR count). The molecule has 1 saturated heterocycles. The molecule has 1 aliphatic rings. The summed E-state index contributed by atoms with van der Waals surface area (Å²) in [5, 5.41) is 3.09. The zero-order chi connectivity index (χ0) is 19.7. The van der Waals surface area contributed by atoms with E-state index in [9.17, 15) is 9.59 Å². The number of thioether (sulfide) groups is 1. The monoisotopic (exact) mass is 413 g/mol. The average molecular weight is 414 g/mol. The summed E-state index contributed by atoms with van der Waals surface area (Å²) in [6, 6.07) is 9.85. The molecule has 1 amide bonds. The number of nitrogens with zero attached hydrogens (tertiary/aromatic N) is 2. The summed E-state index contributed by atoms with van der Waals surface area (Å²) in [6.45, 7) is 6.02. The summed E-state index contributed by atoms with van der Waals surface area (Å²) in [7, 11) is 0. The van der Waals surface area contributed by atoms with Crippen LogP contribution >= 0.6 is 23.1 Å². The van der Waals surface area contributed by atoms with Crippen molar-refractivity contribution in [3.05, 3.63) is 46.1 Å². The maximum Gasteiger partial charge on any atom is 0.260 e. The van der Waals surface area contributed by atoms with Gasteiger partial charge >= 0.3 is 0 Å². The number of aromatic nitrogens is 2. The van der Waals surface area contributed by atoms with Crippen LogP contribution in [0.4, 0.5) is 0 Å². The Hall–Kier alpha value is -2.12. The van der Waals surface area contributed by atoms with Gasteiger partial charge in [-0.3, -0.25) is 9.59 Å². The lowest BCUT2D eigenvalue weighted by molar-refractivity contribution is -0.130. The largest absolute Gasteiger partial charge is 0.341 e. The molecule has 0 radical (unpaired) electrons. The van der Waals surface area contributed by atoms with Gasteiger partial charge in [0.1, 0.15) is 4.83 Å². The number of likely N-dealkylation sites (tertiary alicyclic amines) is 1. The highest BCUT2D eigenvalue weighted by Gasteiger charge is 2.25. The molecule has 7 heteroatoms. The Balaban J connectivity index is 1.51. The maximum absolute atomic E-state index is 12.7. The van der Waals surface area contributed by atoms with Crippen LogP contribution < -0.4 is 5.56 Å². The van der Waals surface area contributed by atoms with E-state index in [0.717, 1.165) is 24.2 Å². The fourth-order valence-corrected chi connectivity index (χ4v) is 5.68. The number of carbonyl (C=O) groups is 1. The molecule has 2 aromatic heterocycles. The molecule has 146 valence electrons. The Morgan fingerprint density at radius 2 is 1.96 bits per heavy atom. The van der Waals surface area contributed by atoms with E-state index in [-0.39, 0.29) is 11.5 Å². The van der Waals surface area contributed by atoms with Crippen molar-refractivity contribution in [1.82, 2.24) is 14.9 Å². The summed E-state index contributed by atoms with van der Waals surface area (Å²) in [6.07, 6.45) is 1.17. The molecule has 5 nitrogen and oxygen atoms in total. The van der Waals surface area contributed by atoms with Gasteiger partial charge in [-0.05, 0) is 23.8 Å². The molecule has 3 aromatic rings. The molecular weight excluding hydrogens is 390 g/mol. The fourth-order valence-electron chi connectivity index (χ4n) is 3.92. The lowest BCUT2D eigenvalue weighted by Gasteiger charge is -2.34. The minimum absolute atomic E-state index is 0.113. The summed E-state index contributed by atoms with van der Waals surface area (Å²) in [5.74, 6) is 1.48. The lowest BCUT2D eigenvalue weighted by Crippen LogP contribution is -2.43. The highest BCUT2D eigenvalue weighted by Crippen LogP contribution is 2.31. The summed E-state index contributed by atoms with van der Waals surface area (Å²) < 4.78 is 0. The number of nitrogens with one attached hydrogen (secondary N) is 1. The zero-order valence-electron chi connectivity index (χ0n) is 16.0. The first-order chi connectivity index (χ1) is 13.5. The van der Waals surface area contributed by atoms with Crippen LogP contribution in [0.15, 0.2) is 45.7 Å². The predicted octanol–water partition coefficient (Wildman–Crippen LogP) is 4.25. The van der Waals surface area contributed by atoms with Crippen LogP contribution in [0, 0.1) is 11.8 Å². The molecule has 1 N–H and O–H groups in total. The van der Waals surface area contributed by atoms with E-state index in [1.165, 1.54) is 29.5 Å². The highest BCUT2D eigenvalue weighted by molar-refractivity contribution is 7.99. The van der Waals surface area contributed by atoms with E-state index in [2.05, 4.69) is 23.8 Å². The number of fused-ring (bicyclic) bond motifs is 1. The first-order valence-electron chi connectivity index (χ1n) is 9.48. The van der Waals surface area contributed by atoms with Crippen LogP contribution in [0.25, 0.3) is 21.3 Å². The average Bonchev–Trinajstić information content (AvgIpc) is 3.10. The van der Waals surface area contributed by atoms with E-state index < -0.39 is 0 Å². The van der Waals surface area contributed by atoms with Crippen molar-refractivity contribution < 1.29 is 4.79 Å². The van der Waals surface area contributed by atoms with Crippen molar-refractivity contribution in [1.29, 1.82) is 0 Å². The van der Waals surface area contributed by atoms with Gasteiger partial charge in [0.2, 0.25) is 5.91 Å². The van der Waals surface area contributed by atoms with Crippen LogP contribution in [-0.2, 0) is 4.79 Å². The van der Waals surface area contributed by atoms with Gasteiger partial charge in [0.05, 0.1) is 11.1 Å². The van der Waals surface area contributed by atoms with Crippen molar-refractivity contribution >= 4 is 39.2 Å². The topological polar surface area (TPSA) is 66.1 Å². The number of hydrogen-bond donors (Lipinski definition) is 1. The highest BCUT2D eigenvalue weighted by atomic mass is 32.2. The van der Waals surface area contributed by atoms with Gasteiger partial charge in [-0.2, -0.15) is 0 Å². The number of piperidine rings is 1. The second-order valence-corrected chi connectivity index (χ2v) is 9.42. The number of hydrogen-bond acceptors (Lipinski definition) is 5. The van der Waals surface area contributed by atoms with Gasteiger partial charge in [0.25, 0.3) is 5.56 Å². The Morgan fingerprint density at radius 1 is 1.25 bits per heavy atom. The molecule has 0 spiro atoms. The van der Waals surface area contributed by atoms with Crippen LogP contribution in [0.5, 0.6) is 0 Å². The van der Waals surface area contributed by atoms with Crippen LogP contribution in [0.1, 0.15) is 20.3 Å². The second-order valence-electron chi connectivity index (χ2n) is 7.60. The van der Waals surface area contributed by atoms with E-state index in [4.69, 9.17) is 0 Å². The molecular formula is C21H23N3O2S2. The SMILES string of the molecule is C[C@@H]1C[C@@H](C)CN(C(=O)CSc2nc3scc(-c4ccccc4)c3c(=O)[nH]2)C1. The first-order valence-corrected chi connectivity index (χ1v) is 11.4. The molecule has 3 heterocycles. The summed E-state index contributed by atoms with van der Waals surface area (Å²) in [5.41, 5.74) is 1.75. The fraction of sp³-hybridized carbons (Fsp3) is 0.381. The number of rotatable bonds is 4. The van der Waals surface area contributed by atoms with Crippen LogP contribution in [-0.4, -0.2) is 39.6 Å². The molecule has 1 aromatic carbocycles. The van der Waals surface area contributed by atoms with Gasteiger partial charge in [0, 0.05) is 24.0 Å². The van der Waals surface area contributed by atoms with Gasteiger partial charge in [-0.1, -0.05) is 55.9 Å². The van der Waals surface area contributed by atoms with Crippen molar-refractivity contribution in [2.24, 2.45) is 11.8 Å². The van der Waals surface area contributed by atoms with Gasteiger partial charge < -0.3 is 9.88 Å². The lowest BCUT2D eigenvalue weighted by atomic mass is 9.92. The van der Waals surface area contributed by atoms with Gasteiger partial charge in [0.15, 0.2) is 5.16 Å². The van der Waals surface area contributed by atoms with Crippen molar-refractivity contribution in [3.8, 4) is 11.1 Å². The Morgan fingerprint density at radius 3 is 2.68 bits per heavy atom. The van der Waals surface area contributed by atoms with Crippen molar-refractivity contribution in [2.45, 2.75) is 25.4 Å². The van der Waals surface area contributed by atoms with Gasteiger partial charge in [-0.15, -0.1) is 11.3 Å². The molecule has 0 unspecified atom stereocenters. The number of carbonyl (C=O) groups excluding carboxylic acids is 1. The first kappa shape index (κ1) is 19.2. The van der Waals surface area contributed by atoms with E-state index >= 15 is 0 Å². The van der Waals surface area contributed by atoms with E-state index in [1.54, 1.807) is 0 Å². The summed E-state index contributed by atoms with van der Waals surface area (Å²) >= 11 is 2.77. The minimum atomic E-state index is -0.153. The molecule has 1 fully saturated rings. The third-order valence-corrected chi connectivity index (χ3v) is 6.79. The van der Waals surface area contributed by atoms with E-state index in [0.29, 0.717) is 33.0 Å². The van der Waals surface area contributed by atoms with Gasteiger partial charge in [-0.25, -0.2) is 4.98 Å². The van der Waals surface area contributed by atoms with Crippen LogP contribution in [0.3, 0.4) is 0 Å². The minimum Gasteiger partial charge on any atom is -0.341 e. The third-order valence-electron chi connectivity index (χ3n) is 5.06. The number of thiophene rings is 1. The molecule has 2 atom stereocenters. The predicted molar refractivity (Wildman–Crippen MR) is 116 cm³/mol. The van der Waals surface area contributed by atoms with Crippen LogP contribution in [0.2, 0.25) is 0 Å². The third kappa shape index (κ3) is 4.00. The molecule has 1 aliphatic heterocycles. The summed E-state index contributed by atoms with van der Waals surface area (Å²) in [4.78, 5) is 35.4. The number of H-pyrrole nitrogens is 1. The molecule has 0 aliphatic carbocycles. The Labute approximate surface area is 172 Å². The maximum atomic E-state index is 12.7. The molecule has 0 bridgehead atoms. The standard InChI is InChI=1S/C21H23N3O2S2/c1-13-8-14(2)10-24(9-13)17(25)12-28-21-22-19(26)18-16(11-27-20(18)23-21)15-6-4-3-5-7-15/h3-7,11,13-14H,8-10,12H2,1-2H3,(H,22,23,26)/t13-,14-/m1/s1. The molecule has 0 saturated carbocycles. The second kappa shape index (κ2) is 8.09. The molecule has 28 heavy (non-hydrogen) atoms. The van der Waals surface area contributed by atoms with Crippen molar-refractivity contribution in [3.63, 3.8) is 0 Å². The normalized spacial score (nSPS) is 19.9. The zero-order valence-corrected chi connectivity index (χ0v) is 17.6. The number of aromatic amines is 1. The van der Waals surface area contributed by atoms with E-state index in [1.807, 2.05) is 40.6 Å². The number of amides is 1. The smallest absolute Gasteiger partial charge is 0.260 e. The number of benzene rings is 1.